The molecule has 0 aromatic heterocycles. The Kier molecular flexibility index (Phi) is 6.94. The SMILES string of the molecule is CCN1CCCC1CN(C)CCC(C)(C#N)NC(C)C. The molecule has 4 heteroatoms. The summed E-state index contributed by atoms with van der Waals surface area (Å²) in [5.74, 6) is 0. The van der Waals surface area contributed by atoms with E-state index in [1.165, 1.54) is 19.4 Å². The van der Waals surface area contributed by atoms with Crippen molar-refractivity contribution >= 4 is 0 Å². The van der Waals surface area contributed by atoms with E-state index in [1.807, 2.05) is 6.92 Å². The number of nitriles is 1. The van der Waals surface area contributed by atoms with Crippen molar-refractivity contribution in [2.24, 2.45) is 0 Å². The van der Waals surface area contributed by atoms with Crippen LogP contribution in [0.3, 0.4) is 0 Å². The van der Waals surface area contributed by atoms with Crippen LogP contribution in [-0.2, 0) is 0 Å². The van der Waals surface area contributed by atoms with E-state index in [0.717, 1.165) is 26.1 Å². The molecule has 1 aliphatic rings. The highest BCUT2D eigenvalue weighted by molar-refractivity contribution is 5.04. The van der Waals surface area contributed by atoms with Crippen LogP contribution in [0.2, 0.25) is 0 Å². The van der Waals surface area contributed by atoms with Crippen molar-refractivity contribution in [3.8, 4) is 6.07 Å². The summed E-state index contributed by atoms with van der Waals surface area (Å²) < 4.78 is 0. The van der Waals surface area contributed by atoms with Crippen LogP contribution in [0.15, 0.2) is 0 Å². The molecule has 20 heavy (non-hydrogen) atoms. The van der Waals surface area contributed by atoms with Crippen molar-refractivity contribution in [1.82, 2.24) is 15.1 Å². The summed E-state index contributed by atoms with van der Waals surface area (Å²) in [6.07, 6.45) is 3.52. The van der Waals surface area contributed by atoms with Gasteiger partial charge in [-0.2, -0.15) is 5.26 Å². The molecule has 1 fully saturated rings. The first-order valence-corrected chi connectivity index (χ1v) is 8.01. The van der Waals surface area contributed by atoms with Gasteiger partial charge >= 0.3 is 0 Å². The molecule has 0 aromatic rings. The first-order chi connectivity index (χ1) is 9.40. The molecule has 0 bridgehead atoms. The third-order valence-electron chi connectivity index (χ3n) is 4.28. The standard InChI is InChI=1S/C16H32N4/c1-6-20-10-7-8-15(20)12-19(5)11-9-16(4,13-17)18-14(2)3/h14-15,18H,6-12H2,1-5H3. The van der Waals surface area contributed by atoms with Crippen LogP contribution in [0.1, 0.15) is 47.0 Å². The van der Waals surface area contributed by atoms with E-state index in [0.29, 0.717) is 12.1 Å². The lowest BCUT2D eigenvalue weighted by Gasteiger charge is -2.31. The smallest absolute Gasteiger partial charge is 0.105 e. The first kappa shape index (κ1) is 17.4. The molecule has 1 saturated heterocycles. The largest absolute Gasteiger partial charge is 0.305 e. The number of likely N-dealkylation sites (tertiary alicyclic amines) is 1. The van der Waals surface area contributed by atoms with Crippen LogP contribution in [-0.4, -0.2) is 60.6 Å². The van der Waals surface area contributed by atoms with Gasteiger partial charge in [0.25, 0.3) is 0 Å². The lowest BCUT2D eigenvalue weighted by atomic mass is 9.98. The Morgan fingerprint density at radius 3 is 2.75 bits per heavy atom. The Hall–Kier alpha value is -0.630. The summed E-state index contributed by atoms with van der Waals surface area (Å²) >= 11 is 0. The Bertz CT molecular complexity index is 323. The van der Waals surface area contributed by atoms with Gasteiger partial charge in [-0.1, -0.05) is 6.92 Å². The zero-order valence-electron chi connectivity index (χ0n) is 13.9. The van der Waals surface area contributed by atoms with Crippen molar-refractivity contribution in [3.05, 3.63) is 0 Å². The van der Waals surface area contributed by atoms with Crippen LogP contribution in [0.4, 0.5) is 0 Å². The molecule has 2 atom stereocenters. The number of rotatable bonds is 8. The van der Waals surface area contributed by atoms with Crippen LogP contribution in [0.5, 0.6) is 0 Å². The second-order valence-electron chi connectivity index (χ2n) is 6.68. The molecular weight excluding hydrogens is 248 g/mol. The molecule has 1 heterocycles. The Balaban J connectivity index is 2.38. The van der Waals surface area contributed by atoms with Crippen LogP contribution < -0.4 is 5.32 Å². The van der Waals surface area contributed by atoms with Gasteiger partial charge in [-0.25, -0.2) is 0 Å². The van der Waals surface area contributed by atoms with Gasteiger partial charge in [0, 0.05) is 25.2 Å². The molecule has 116 valence electrons. The maximum absolute atomic E-state index is 9.37. The fourth-order valence-electron chi connectivity index (χ4n) is 3.18. The molecule has 0 radical (unpaired) electrons. The van der Waals surface area contributed by atoms with Crippen molar-refractivity contribution in [3.63, 3.8) is 0 Å². The van der Waals surface area contributed by atoms with Gasteiger partial charge < -0.3 is 4.90 Å². The summed E-state index contributed by atoms with van der Waals surface area (Å²) in [6.45, 7) is 12.9. The van der Waals surface area contributed by atoms with Gasteiger partial charge in [-0.15, -0.1) is 0 Å². The topological polar surface area (TPSA) is 42.3 Å². The molecular formula is C16H32N4. The average molecular weight is 280 g/mol. The molecule has 0 aliphatic carbocycles. The van der Waals surface area contributed by atoms with E-state index in [9.17, 15) is 5.26 Å². The summed E-state index contributed by atoms with van der Waals surface area (Å²) in [4.78, 5) is 4.96. The molecule has 0 saturated carbocycles. The lowest BCUT2D eigenvalue weighted by Crippen LogP contribution is -2.47. The van der Waals surface area contributed by atoms with Crippen molar-refractivity contribution in [2.45, 2.75) is 64.6 Å². The van der Waals surface area contributed by atoms with E-state index in [2.05, 4.69) is 49.0 Å². The molecule has 4 nitrogen and oxygen atoms in total. The zero-order chi connectivity index (χ0) is 15.2. The Morgan fingerprint density at radius 1 is 1.50 bits per heavy atom. The number of likely N-dealkylation sites (N-methyl/N-ethyl adjacent to an activating group) is 2. The molecule has 1 N–H and O–H groups in total. The molecule has 0 aromatic carbocycles. The van der Waals surface area contributed by atoms with Crippen LogP contribution in [0, 0.1) is 11.3 Å². The van der Waals surface area contributed by atoms with Crippen molar-refractivity contribution < 1.29 is 0 Å². The molecule has 1 rings (SSSR count). The third kappa shape index (κ3) is 5.40. The molecule has 0 spiro atoms. The number of nitrogens with zero attached hydrogens (tertiary/aromatic N) is 3. The lowest BCUT2D eigenvalue weighted by molar-refractivity contribution is 0.189. The van der Waals surface area contributed by atoms with Crippen LogP contribution >= 0.6 is 0 Å². The summed E-state index contributed by atoms with van der Waals surface area (Å²) in [5, 5.41) is 12.7. The van der Waals surface area contributed by atoms with Gasteiger partial charge in [0.05, 0.1) is 6.07 Å². The predicted molar refractivity (Wildman–Crippen MR) is 84.7 cm³/mol. The monoisotopic (exact) mass is 280 g/mol. The minimum Gasteiger partial charge on any atom is -0.305 e. The highest BCUT2D eigenvalue weighted by Crippen LogP contribution is 2.18. The van der Waals surface area contributed by atoms with Gasteiger partial charge in [0.1, 0.15) is 5.54 Å². The quantitative estimate of drug-likeness (QED) is 0.739. The average Bonchev–Trinajstić information content (AvgIpc) is 2.83. The third-order valence-corrected chi connectivity index (χ3v) is 4.28. The van der Waals surface area contributed by atoms with Gasteiger partial charge in [0.15, 0.2) is 0 Å². The minimum atomic E-state index is -0.414. The predicted octanol–water partition coefficient (Wildman–Crippen LogP) is 2.07. The first-order valence-electron chi connectivity index (χ1n) is 8.01. The van der Waals surface area contributed by atoms with E-state index < -0.39 is 5.54 Å². The fraction of sp³-hybridized carbons (Fsp3) is 0.938. The van der Waals surface area contributed by atoms with E-state index >= 15 is 0 Å². The van der Waals surface area contributed by atoms with E-state index in [1.54, 1.807) is 0 Å². The minimum absolute atomic E-state index is 0.343. The maximum atomic E-state index is 9.37. The Morgan fingerprint density at radius 2 is 2.20 bits per heavy atom. The normalized spacial score (nSPS) is 23.2. The second-order valence-corrected chi connectivity index (χ2v) is 6.68. The zero-order valence-corrected chi connectivity index (χ0v) is 13.9. The van der Waals surface area contributed by atoms with Crippen LogP contribution in [0.25, 0.3) is 0 Å². The summed E-state index contributed by atoms with van der Waals surface area (Å²) in [7, 11) is 2.18. The number of hydrogen-bond donors (Lipinski definition) is 1. The number of nitrogens with one attached hydrogen (secondary N) is 1. The fourth-order valence-corrected chi connectivity index (χ4v) is 3.18. The highest BCUT2D eigenvalue weighted by Gasteiger charge is 2.27. The highest BCUT2D eigenvalue weighted by atomic mass is 15.2. The number of hydrogen-bond acceptors (Lipinski definition) is 4. The summed E-state index contributed by atoms with van der Waals surface area (Å²) in [5.41, 5.74) is -0.414. The van der Waals surface area contributed by atoms with E-state index in [4.69, 9.17) is 0 Å². The molecule has 2 unspecified atom stereocenters. The van der Waals surface area contributed by atoms with Crippen molar-refractivity contribution in [2.75, 3.05) is 33.2 Å². The van der Waals surface area contributed by atoms with Gasteiger partial charge in [0.2, 0.25) is 0 Å². The summed E-state index contributed by atoms with van der Waals surface area (Å²) in [6, 6.07) is 3.48. The molecule has 0 amide bonds. The van der Waals surface area contributed by atoms with Gasteiger partial charge in [-0.3, -0.25) is 10.2 Å². The second kappa shape index (κ2) is 7.97. The maximum Gasteiger partial charge on any atom is 0.105 e. The molecule has 1 aliphatic heterocycles. The van der Waals surface area contributed by atoms with E-state index in [-0.39, 0.29) is 0 Å². The Labute approximate surface area is 125 Å². The van der Waals surface area contributed by atoms with Gasteiger partial charge in [-0.05, 0) is 60.2 Å². The van der Waals surface area contributed by atoms with Crippen molar-refractivity contribution in [1.29, 1.82) is 5.26 Å².